The number of aliphatic hydroxyl groups is 1. The van der Waals surface area contributed by atoms with Gasteiger partial charge in [-0.1, -0.05) is 18.2 Å². The van der Waals surface area contributed by atoms with Crippen LogP contribution in [-0.2, 0) is 4.79 Å². The number of carbonyl (C=O) groups excluding carboxylic acids is 1. The molecular formula is C12H11ClF2O4. The number of carbonyl (C=O) groups is 2. The van der Waals surface area contributed by atoms with Crippen LogP contribution in [0.3, 0.4) is 0 Å². The van der Waals surface area contributed by atoms with E-state index in [-0.39, 0.29) is 5.56 Å². The number of hydrogen-bond donors (Lipinski definition) is 2. The van der Waals surface area contributed by atoms with Gasteiger partial charge in [-0.25, -0.2) is 13.6 Å². The Hall–Kier alpha value is -1.53. The second-order valence-electron chi connectivity index (χ2n) is 3.83. The molecule has 4 nitrogen and oxygen atoms in total. The summed E-state index contributed by atoms with van der Waals surface area (Å²) in [5.41, 5.74) is -1.56. The maximum atomic E-state index is 12.9. The molecule has 2 atom stereocenters. The van der Waals surface area contributed by atoms with Crippen LogP contribution in [0, 0.1) is 0 Å². The fourth-order valence-corrected chi connectivity index (χ4v) is 1.72. The SMILES string of the molecule is CC(Cl)C(=O)c1c(C(F)F)cccc1C(O)C(=O)O. The number of halogens is 3. The summed E-state index contributed by atoms with van der Waals surface area (Å²) in [5.74, 6) is -2.49. The van der Waals surface area contributed by atoms with Crippen molar-refractivity contribution in [3.63, 3.8) is 0 Å². The van der Waals surface area contributed by atoms with E-state index in [2.05, 4.69) is 0 Å². The third-order valence-corrected chi connectivity index (χ3v) is 2.70. The van der Waals surface area contributed by atoms with Gasteiger partial charge in [-0.05, 0) is 6.92 Å². The van der Waals surface area contributed by atoms with Crippen LogP contribution < -0.4 is 0 Å². The molecule has 0 fully saturated rings. The van der Waals surface area contributed by atoms with Crippen molar-refractivity contribution in [1.82, 2.24) is 0 Å². The van der Waals surface area contributed by atoms with Crippen molar-refractivity contribution in [3.8, 4) is 0 Å². The first-order valence-corrected chi connectivity index (χ1v) is 5.71. The lowest BCUT2D eigenvalue weighted by Gasteiger charge is -2.16. The van der Waals surface area contributed by atoms with Crippen LogP contribution in [0.5, 0.6) is 0 Å². The fraction of sp³-hybridized carbons (Fsp3) is 0.333. The number of carboxylic acids is 1. The molecule has 7 heteroatoms. The molecule has 104 valence electrons. The lowest BCUT2D eigenvalue weighted by molar-refractivity contribution is -0.146. The number of aliphatic hydroxyl groups excluding tert-OH is 1. The zero-order valence-corrected chi connectivity index (χ0v) is 10.6. The third kappa shape index (κ3) is 3.27. The van der Waals surface area contributed by atoms with Crippen LogP contribution in [-0.4, -0.2) is 27.3 Å². The standard InChI is InChI=1S/C12H11ClF2O4/c1-5(13)9(16)8-6(10(17)12(18)19)3-2-4-7(8)11(14)15/h2-5,10-11,17H,1H3,(H,18,19). The van der Waals surface area contributed by atoms with Gasteiger partial charge in [-0.3, -0.25) is 4.79 Å². The second kappa shape index (κ2) is 6.08. The summed E-state index contributed by atoms with van der Waals surface area (Å²) in [5, 5.41) is 17.1. The average Bonchev–Trinajstić information content (AvgIpc) is 2.35. The molecule has 1 aromatic carbocycles. The Labute approximate surface area is 112 Å². The van der Waals surface area contributed by atoms with E-state index in [0.717, 1.165) is 18.2 Å². The first kappa shape index (κ1) is 15.5. The Bertz CT molecular complexity index is 503. The summed E-state index contributed by atoms with van der Waals surface area (Å²) < 4.78 is 25.7. The molecule has 1 aromatic rings. The highest BCUT2D eigenvalue weighted by Crippen LogP contribution is 2.30. The molecule has 0 radical (unpaired) electrons. The molecule has 19 heavy (non-hydrogen) atoms. The van der Waals surface area contributed by atoms with Crippen molar-refractivity contribution in [1.29, 1.82) is 0 Å². The summed E-state index contributed by atoms with van der Waals surface area (Å²) in [7, 11) is 0. The van der Waals surface area contributed by atoms with Crippen molar-refractivity contribution in [2.75, 3.05) is 0 Å². The monoisotopic (exact) mass is 292 g/mol. The van der Waals surface area contributed by atoms with Crippen molar-refractivity contribution in [2.45, 2.75) is 24.8 Å². The molecule has 0 aromatic heterocycles. The molecule has 0 amide bonds. The lowest BCUT2D eigenvalue weighted by atomic mass is 9.93. The highest BCUT2D eigenvalue weighted by molar-refractivity contribution is 6.34. The number of carboxylic acid groups (broad SMARTS) is 1. The van der Waals surface area contributed by atoms with Crippen LogP contribution in [0.2, 0.25) is 0 Å². The van der Waals surface area contributed by atoms with Gasteiger partial charge in [0.25, 0.3) is 6.43 Å². The van der Waals surface area contributed by atoms with E-state index in [1.54, 1.807) is 0 Å². The largest absolute Gasteiger partial charge is 0.479 e. The van der Waals surface area contributed by atoms with Crippen molar-refractivity contribution in [3.05, 3.63) is 34.9 Å². The Morgan fingerprint density at radius 3 is 2.21 bits per heavy atom. The van der Waals surface area contributed by atoms with Gasteiger partial charge in [0, 0.05) is 16.7 Å². The van der Waals surface area contributed by atoms with E-state index >= 15 is 0 Å². The van der Waals surface area contributed by atoms with Gasteiger partial charge in [0.15, 0.2) is 11.9 Å². The van der Waals surface area contributed by atoms with Crippen molar-refractivity contribution >= 4 is 23.4 Å². The van der Waals surface area contributed by atoms with Crippen LogP contribution in [0.1, 0.15) is 40.9 Å². The first-order chi connectivity index (χ1) is 8.77. The molecular weight excluding hydrogens is 282 g/mol. The summed E-state index contributed by atoms with van der Waals surface area (Å²) in [4.78, 5) is 22.6. The van der Waals surface area contributed by atoms with Crippen molar-refractivity contribution < 1.29 is 28.6 Å². The van der Waals surface area contributed by atoms with Gasteiger partial charge in [0.2, 0.25) is 0 Å². The van der Waals surface area contributed by atoms with E-state index in [1.165, 1.54) is 6.92 Å². The van der Waals surface area contributed by atoms with Gasteiger partial charge < -0.3 is 10.2 Å². The highest BCUT2D eigenvalue weighted by Gasteiger charge is 2.29. The number of ketones is 1. The highest BCUT2D eigenvalue weighted by atomic mass is 35.5. The molecule has 2 unspecified atom stereocenters. The zero-order valence-electron chi connectivity index (χ0n) is 9.81. The molecule has 0 aliphatic rings. The smallest absolute Gasteiger partial charge is 0.337 e. The lowest BCUT2D eigenvalue weighted by Crippen LogP contribution is -2.20. The van der Waals surface area contributed by atoms with Gasteiger partial charge in [-0.15, -0.1) is 11.6 Å². The maximum absolute atomic E-state index is 12.9. The minimum absolute atomic E-state index is 0.386. The minimum Gasteiger partial charge on any atom is -0.479 e. The van der Waals surface area contributed by atoms with Crippen LogP contribution >= 0.6 is 11.6 Å². The first-order valence-electron chi connectivity index (χ1n) is 5.27. The fourth-order valence-electron chi connectivity index (χ4n) is 1.61. The normalized spacial score (nSPS) is 14.2. The Morgan fingerprint density at radius 2 is 1.79 bits per heavy atom. The van der Waals surface area contributed by atoms with Gasteiger partial charge >= 0.3 is 5.97 Å². The predicted molar refractivity (Wildman–Crippen MR) is 63.6 cm³/mol. The Morgan fingerprint density at radius 1 is 1.26 bits per heavy atom. The molecule has 2 N–H and O–H groups in total. The minimum atomic E-state index is -2.98. The molecule has 0 spiro atoms. The van der Waals surface area contributed by atoms with E-state index in [9.17, 15) is 23.5 Å². The predicted octanol–water partition coefficient (Wildman–Crippen LogP) is 2.55. The Kier molecular flexibility index (Phi) is 4.97. The van der Waals surface area contributed by atoms with E-state index < -0.39 is 40.8 Å². The number of rotatable bonds is 5. The van der Waals surface area contributed by atoms with Gasteiger partial charge in [-0.2, -0.15) is 0 Å². The summed E-state index contributed by atoms with van der Waals surface area (Å²) in [6.07, 6.45) is -5.04. The topological polar surface area (TPSA) is 74.6 Å². The van der Waals surface area contributed by atoms with Crippen molar-refractivity contribution in [2.24, 2.45) is 0 Å². The van der Waals surface area contributed by atoms with Gasteiger partial charge in [0.05, 0.1) is 5.38 Å². The van der Waals surface area contributed by atoms with Crippen LogP contribution in [0.4, 0.5) is 8.78 Å². The van der Waals surface area contributed by atoms with Crippen LogP contribution in [0.25, 0.3) is 0 Å². The molecule has 0 bridgehead atoms. The van der Waals surface area contributed by atoms with Gasteiger partial charge in [0.1, 0.15) is 0 Å². The second-order valence-corrected chi connectivity index (χ2v) is 4.49. The summed E-state index contributed by atoms with van der Waals surface area (Å²) in [6.45, 7) is 1.28. The number of hydrogen-bond acceptors (Lipinski definition) is 3. The number of alkyl halides is 3. The molecule has 0 saturated carbocycles. The number of benzene rings is 1. The maximum Gasteiger partial charge on any atom is 0.337 e. The third-order valence-electron chi connectivity index (χ3n) is 2.50. The molecule has 0 aliphatic carbocycles. The van der Waals surface area contributed by atoms with E-state index in [1.807, 2.05) is 0 Å². The average molecular weight is 293 g/mol. The molecule has 1 rings (SSSR count). The Balaban J connectivity index is 3.51. The molecule has 0 aliphatic heterocycles. The van der Waals surface area contributed by atoms with E-state index in [0.29, 0.717) is 0 Å². The molecule has 0 saturated heterocycles. The van der Waals surface area contributed by atoms with E-state index in [4.69, 9.17) is 16.7 Å². The quantitative estimate of drug-likeness (QED) is 0.646. The number of aliphatic carboxylic acids is 1. The summed E-state index contributed by atoms with van der Waals surface area (Å²) >= 11 is 5.57. The van der Waals surface area contributed by atoms with Crippen LogP contribution in [0.15, 0.2) is 18.2 Å². The summed E-state index contributed by atoms with van der Waals surface area (Å²) in [6, 6.07) is 3.26. The zero-order chi connectivity index (χ0) is 14.7. The number of Topliss-reactive ketones (excluding diaryl/α,β-unsaturated/α-hetero) is 1. The molecule has 0 heterocycles.